The summed E-state index contributed by atoms with van der Waals surface area (Å²) >= 11 is 0. The predicted octanol–water partition coefficient (Wildman–Crippen LogP) is 2.81. The maximum Gasteiger partial charge on any atom is 0.241 e. The van der Waals surface area contributed by atoms with Crippen molar-refractivity contribution in [3.05, 3.63) is 59.7 Å². The first-order chi connectivity index (χ1) is 12.6. The minimum Gasteiger partial charge on any atom is -0.324 e. The van der Waals surface area contributed by atoms with Gasteiger partial charge in [-0.3, -0.25) is 14.5 Å². The molecule has 1 atom stereocenters. The summed E-state index contributed by atoms with van der Waals surface area (Å²) in [6.45, 7) is 3.97. The van der Waals surface area contributed by atoms with Crippen molar-refractivity contribution in [3.8, 4) is 0 Å². The van der Waals surface area contributed by atoms with Crippen LogP contribution in [0, 0.1) is 0 Å². The highest BCUT2D eigenvalue weighted by Gasteiger charge is 2.30. The van der Waals surface area contributed by atoms with Crippen molar-refractivity contribution >= 4 is 23.2 Å². The fourth-order valence-electron chi connectivity index (χ4n) is 3.92. The molecule has 1 N–H and O–H groups in total. The van der Waals surface area contributed by atoms with Crippen molar-refractivity contribution in [2.45, 2.75) is 32.4 Å². The van der Waals surface area contributed by atoms with Gasteiger partial charge in [0.25, 0.3) is 0 Å². The van der Waals surface area contributed by atoms with Gasteiger partial charge in [-0.2, -0.15) is 0 Å². The number of benzene rings is 2. The Morgan fingerprint density at radius 2 is 1.85 bits per heavy atom. The minimum absolute atomic E-state index is 0.0424. The molecule has 0 aromatic heterocycles. The number of carbonyl (C=O) groups excluding carboxylic acids is 2. The normalized spacial score (nSPS) is 20.0. The van der Waals surface area contributed by atoms with Gasteiger partial charge in [-0.25, -0.2) is 0 Å². The maximum absolute atomic E-state index is 13.2. The highest BCUT2D eigenvalue weighted by molar-refractivity contribution is 6.04. The first kappa shape index (κ1) is 16.8. The molecule has 2 aliphatic rings. The number of hydrogen-bond donors (Lipinski definition) is 1. The second-order valence-corrected chi connectivity index (χ2v) is 7.11. The standard InChI is InChI=1S/C21H23N3O2/c1-15-12-20(25)22-18-8-4-5-9-19(18)24(15)21(26)14-23-11-10-16-6-2-3-7-17(16)13-23/h2-9,15H,10-14H2,1H3,(H,22,25)/t15-/m1/s1. The van der Waals surface area contributed by atoms with Gasteiger partial charge in [0.05, 0.1) is 17.9 Å². The van der Waals surface area contributed by atoms with Crippen LogP contribution < -0.4 is 10.2 Å². The summed E-state index contributed by atoms with van der Waals surface area (Å²) < 4.78 is 0. The number of fused-ring (bicyclic) bond motifs is 2. The first-order valence-electron chi connectivity index (χ1n) is 9.12. The van der Waals surface area contributed by atoms with Gasteiger partial charge in [-0.1, -0.05) is 36.4 Å². The van der Waals surface area contributed by atoms with E-state index in [1.165, 1.54) is 11.1 Å². The summed E-state index contributed by atoms with van der Waals surface area (Å²) in [4.78, 5) is 29.2. The number of carbonyl (C=O) groups is 2. The van der Waals surface area contributed by atoms with Crippen LogP contribution >= 0.6 is 0 Å². The highest BCUT2D eigenvalue weighted by atomic mass is 16.2. The Morgan fingerprint density at radius 3 is 2.69 bits per heavy atom. The van der Waals surface area contributed by atoms with Crippen LogP contribution in [0.25, 0.3) is 0 Å². The second kappa shape index (κ2) is 6.92. The van der Waals surface area contributed by atoms with Gasteiger partial charge in [0, 0.05) is 25.6 Å². The Hall–Kier alpha value is -2.66. The number of para-hydroxylation sites is 2. The molecule has 2 heterocycles. The molecule has 0 saturated heterocycles. The van der Waals surface area contributed by atoms with Crippen LogP contribution in [0.1, 0.15) is 24.5 Å². The minimum atomic E-state index is -0.164. The highest BCUT2D eigenvalue weighted by Crippen LogP contribution is 2.31. The molecule has 134 valence electrons. The van der Waals surface area contributed by atoms with Gasteiger partial charge < -0.3 is 10.2 Å². The van der Waals surface area contributed by atoms with Crippen molar-refractivity contribution in [1.82, 2.24) is 4.90 Å². The van der Waals surface area contributed by atoms with Crippen molar-refractivity contribution < 1.29 is 9.59 Å². The Morgan fingerprint density at radius 1 is 1.12 bits per heavy atom. The SMILES string of the molecule is C[C@@H]1CC(=O)Nc2ccccc2N1C(=O)CN1CCc2ccccc2C1. The van der Waals surface area contributed by atoms with Gasteiger partial charge in [0.1, 0.15) is 0 Å². The molecule has 4 rings (SSSR count). The van der Waals surface area contributed by atoms with Gasteiger partial charge in [-0.05, 0) is 36.6 Å². The molecule has 26 heavy (non-hydrogen) atoms. The lowest BCUT2D eigenvalue weighted by atomic mass is 10.00. The number of nitrogens with one attached hydrogen (secondary N) is 1. The van der Waals surface area contributed by atoms with Crippen molar-refractivity contribution in [3.63, 3.8) is 0 Å². The Balaban J connectivity index is 1.55. The number of hydrogen-bond acceptors (Lipinski definition) is 3. The summed E-state index contributed by atoms with van der Waals surface area (Å²) in [5.74, 6) is -0.00650. The zero-order valence-electron chi connectivity index (χ0n) is 14.9. The quantitative estimate of drug-likeness (QED) is 0.907. The average molecular weight is 349 g/mol. The predicted molar refractivity (Wildman–Crippen MR) is 102 cm³/mol. The molecule has 0 spiro atoms. The topological polar surface area (TPSA) is 52.7 Å². The molecule has 0 fully saturated rings. The fraction of sp³-hybridized carbons (Fsp3) is 0.333. The molecule has 0 saturated carbocycles. The van der Waals surface area contributed by atoms with Gasteiger partial charge in [0.2, 0.25) is 11.8 Å². The van der Waals surface area contributed by atoms with Crippen LogP contribution in [0.15, 0.2) is 48.5 Å². The molecule has 0 bridgehead atoms. The molecular weight excluding hydrogens is 326 g/mol. The Kier molecular flexibility index (Phi) is 4.47. The summed E-state index contributed by atoms with van der Waals surface area (Å²) in [6.07, 6.45) is 1.28. The van der Waals surface area contributed by atoms with E-state index in [1.54, 1.807) is 4.90 Å². The smallest absolute Gasteiger partial charge is 0.241 e. The summed E-state index contributed by atoms with van der Waals surface area (Å²) in [5.41, 5.74) is 4.17. The van der Waals surface area contributed by atoms with E-state index >= 15 is 0 Å². The maximum atomic E-state index is 13.2. The van der Waals surface area contributed by atoms with E-state index in [0.29, 0.717) is 18.7 Å². The van der Waals surface area contributed by atoms with Crippen LogP contribution in [0.3, 0.4) is 0 Å². The Labute approximate surface area is 153 Å². The second-order valence-electron chi connectivity index (χ2n) is 7.11. The van der Waals surface area contributed by atoms with E-state index in [9.17, 15) is 9.59 Å². The molecule has 5 heteroatoms. The Bertz CT molecular complexity index is 849. The number of anilines is 2. The molecule has 2 amide bonds. The van der Waals surface area contributed by atoms with Crippen molar-refractivity contribution in [2.75, 3.05) is 23.3 Å². The van der Waals surface area contributed by atoms with E-state index in [4.69, 9.17) is 0 Å². The van der Waals surface area contributed by atoms with Crippen LogP contribution in [0.5, 0.6) is 0 Å². The van der Waals surface area contributed by atoms with E-state index in [-0.39, 0.29) is 17.9 Å². The molecule has 2 aliphatic heterocycles. The van der Waals surface area contributed by atoms with Gasteiger partial charge in [0.15, 0.2) is 0 Å². The van der Waals surface area contributed by atoms with E-state index in [0.717, 1.165) is 25.2 Å². The number of rotatable bonds is 2. The lowest BCUT2D eigenvalue weighted by Gasteiger charge is -2.33. The van der Waals surface area contributed by atoms with Crippen LogP contribution in [0.4, 0.5) is 11.4 Å². The molecular formula is C21H23N3O2. The monoisotopic (exact) mass is 349 g/mol. The lowest BCUT2D eigenvalue weighted by molar-refractivity contribution is -0.120. The first-order valence-corrected chi connectivity index (χ1v) is 9.12. The third kappa shape index (κ3) is 3.22. The van der Waals surface area contributed by atoms with E-state index < -0.39 is 0 Å². The van der Waals surface area contributed by atoms with Crippen molar-refractivity contribution in [2.24, 2.45) is 0 Å². The third-order valence-corrected chi connectivity index (χ3v) is 5.20. The van der Waals surface area contributed by atoms with Crippen molar-refractivity contribution in [1.29, 1.82) is 0 Å². The number of amides is 2. The molecule has 0 radical (unpaired) electrons. The molecule has 0 unspecified atom stereocenters. The zero-order valence-corrected chi connectivity index (χ0v) is 14.9. The largest absolute Gasteiger partial charge is 0.324 e. The van der Waals surface area contributed by atoms with Gasteiger partial charge >= 0.3 is 0 Å². The molecule has 2 aromatic rings. The van der Waals surface area contributed by atoms with Gasteiger partial charge in [-0.15, -0.1) is 0 Å². The lowest BCUT2D eigenvalue weighted by Crippen LogP contribution is -2.46. The summed E-state index contributed by atoms with van der Waals surface area (Å²) in [5, 5.41) is 2.91. The fourth-order valence-corrected chi connectivity index (χ4v) is 3.92. The zero-order chi connectivity index (χ0) is 18.1. The molecule has 2 aromatic carbocycles. The summed E-state index contributed by atoms with van der Waals surface area (Å²) in [6, 6.07) is 15.8. The third-order valence-electron chi connectivity index (χ3n) is 5.20. The number of nitrogens with zero attached hydrogens (tertiary/aromatic N) is 2. The molecule has 5 nitrogen and oxygen atoms in total. The average Bonchev–Trinajstić information content (AvgIpc) is 2.75. The molecule has 0 aliphatic carbocycles. The van der Waals surface area contributed by atoms with Crippen LogP contribution in [-0.4, -0.2) is 35.8 Å². The summed E-state index contributed by atoms with van der Waals surface area (Å²) in [7, 11) is 0. The van der Waals surface area contributed by atoms with E-state index in [1.807, 2.05) is 31.2 Å². The van der Waals surface area contributed by atoms with Crippen LogP contribution in [-0.2, 0) is 22.6 Å². The van der Waals surface area contributed by atoms with E-state index in [2.05, 4.69) is 34.5 Å². The van der Waals surface area contributed by atoms with Crippen LogP contribution in [0.2, 0.25) is 0 Å².